The highest BCUT2D eigenvalue weighted by molar-refractivity contribution is 9.10. The topological polar surface area (TPSA) is 142 Å². The average Bonchev–Trinajstić information content (AvgIpc) is 3.15. The van der Waals surface area contributed by atoms with Crippen LogP contribution < -0.4 is 30.7 Å². The van der Waals surface area contributed by atoms with Crippen molar-refractivity contribution in [2.24, 2.45) is 0 Å². The van der Waals surface area contributed by atoms with E-state index in [-0.39, 0.29) is 23.0 Å². The van der Waals surface area contributed by atoms with Gasteiger partial charge in [-0.05, 0) is 22.0 Å². The number of hydrogen-bond acceptors (Lipinski definition) is 11. The quantitative estimate of drug-likeness (QED) is 0.224. The molecule has 0 spiro atoms. The summed E-state index contributed by atoms with van der Waals surface area (Å²) in [6.45, 7) is 2.19. The van der Waals surface area contributed by atoms with Crippen molar-refractivity contribution in [3.63, 3.8) is 0 Å². The lowest BCUT2D eigenvalue weighted by Gasteiger charge is -2.30. The largest absolute Gasteiger partial charge is 0.503 e. The van der Waals surface area contributed by atoms with E-state index in [1.165, 1.54) is 44.7 Å². The number of amides is 1. The van der Waals surface area contributed by atoms with E-state index in [9.17, 15) is 20.1 Å². The van der Waals surface area contributed by atoms with Crippen LogP contribution in [-0.2, 0) is 14.3 Å². The third kappa shape index (κ3) is 5.50. The summed E-state index contributed by atoms with van der Waals surface area (Å²) in [7, 11) is 4.58. The highest BCUT2D eigenvalue weighted by Gasteiger charge is 2.33. The SMILES string of the molecule is CO/C=C/N(CCOC)c1cc(NC(C)=O)c(N2Nc3cc([N+](=O)[O-])cc(Br)c3N2O)cc1OC. The van der Waals surface area contributed by atoms with Crippen molar-refractivity contribution in [3.05, 3.63) is 51.3 Å². The van der Waals surface area contributed by atoms with Crippen molar-refractivity contribution < 1.29 is 29.1 Å². The molecule has 3 rings (SSSR count). The summed E-state index contributed by atoms with van der Waals surface area (Å²) >= 11 is 3.27. The monoisotopic (exact) mass is 552 g/mol. The number of halogens is 1. The van der Waals surface area contributed by atoms with Crippen LogP contribution in [0.15, 0.2) is 41.2 Å². The Hall–Kier alpha value is -3.75. The van der Waals surface area contributed by atoms with Crippen molar-refractivity contribution in [3.8, 4) is 5.75 Å². The minimum Gasteiger partial charge on any atom is -0.503 e. The minimum absolute atomic E-state index is 0.174. The molecule has 1 aliphatic heterocycles. The molecule has 0 saturated carbocycles. The molecular formula is C21H25BrN6O7. The maximum atomic E-state index is 12.0. The summed E-state index contributed by atoms with van der Waals surface area (Å²) in [5.41, 5.74) is 4.48. The molecule has 0 aromatic heterocycles. The van der Waals surface area contributed by atoms with E-state index < -0.39 is 4.92 Å². The zero-order valence-corrected chi connectivity index (χ0v) is 21.0. The molecule has 1 amide bonds. The molecule has 0 bridgehead atoms. The number of benzene rings is 2. The zero-order valence-electron chi connectivity index (χ0n) is 19.4. The van der Waals surface area contributed by atoms with Crippen LogP contribution in [0.25, 0.3) is 0 Å². The third-order valence-electron chi connectivity index (χ3n) is 4.93. The van der Waals surface area contributed by atoms with Crippen molar-refractivity contribution in [2.75, 3.05) is 60.4 Å². The summed E-state index contributed by atoms with van der Waals surface area (Å²) in [4.78, 5) is 24.6. The van der Waals surface area contributed by atoms with Gasteiger partial charge >= 0.3 is 0 Å². The number of carbonyl (C=O) groups excluding carboxylic acids is 1. The van der Waals surface area contributed by atoms with Crippen LogP contribution in [0.2, 0.25) is 0 Å². The number of nitro benzene ring substituents is 1. The normalized spacial score (nSPS) is 12.4. The van der Waals surface area contributed by atoms with Crippen molar-refractivity contribution in [2.45, 2.75) is 6.92 Å². The Morgan fingerprint density at radius 2 is 2.06 bits per heavy atom. The van der Waals surface area contributed by atoms with Gasteiger partial charge in [-0.15, -0.1) is 5.17 Å². The van der Waals surface area contributed by atoms with E-state index in [1.54, 1.807) is 25.4 Å². The predicted molar refractivity (Wildman–Crippen MR) is 134 cm³/mol. The minimum atomic E-state index is -0.542. The molecule has 35 heavy (non-hydrogen) atoms. The number of hydrazine groups is 2. The molecule has 0 unspecified atom stereocenters. The molecule has 0 saturated heterocycles. The Morgan fingerprint density at radius 1 is 1.31 bits per heavy atom. The lowest BCUT2D eigenvalue weighted by atomic mass is 10.2. The van der Waals surface area contributed by atoms with Crippen LogP contribution in [0.5, 0.6) is 5.75 Å². The third-order valence-corrected chi connectivity index (χ3v) is 5.54. The maximum Gasteiger partial charge on any atom is 0.272 e. The smallest absolute Gasteiger partial charge is 0.272 e. The van der Waals surface area contributed by atoms with E-state index in [0.717, 1.165) is 5.17 Å². The average molecular weight is 553 g/mol. The Bertz CT molecular complexity index is 1150. The van der Waals surface area contributed by atoms with Crippen molar-refractivity contribution >= 4 is 56.0 Å². The van der Waals surface area contributed by atoms with Crippen LogP contribution in [0.1, 0.15) is 6.92 Å². The van der Waals surface area contributed by atoms with Gasteiger partial charge in [-0.2, -0.15) is 5.12 Å². The number of ether oxygens (including phenoxy) is 3. The second kappa shape index (κ2) is 11.1. The van der Waals surface area contributed by atoms with Crippen LogP contribution in [0.4, 0.5) is 34.1 Å². The molecule has 0 fully saturated rings. The highest BCUT2D eigenvalue weighted by atomic mass is 79.9. The Labute approximate surface area is 209 Å². The number of non-ortho nitro benzene ring substituents is 1. The lowest BCUT2D eigenvalue weighted by Crippen LogP contribution is -2.40. The van der Waals surface area contributed by atoms with Crippen LogP contribution in [-0.4, -0.2) is 50.5 Å². The molecule has 188 valence electrons. The van der Waals surface area contributed by atoms with Crippen molar-refractivity contribution in [1.29, 1.82) is 0 Å². The summed E-state index contributed by atoms with van der Waals surface area (Å²) in [5.74, 6) is 0.0541. The number of nitrogens with one attached hydrogen (secondary N) is 2. The number of nitrogens with zero attached hydrogens (tertiary/aromatic N) is 4. The van der Waals surface area contributed by atoms with Gasteiger partial charge in [0.15, 0.2) is 0 Å². The number of carbonyl (C=O) groups is 1. The summed E-state index contributed by atoms with van der Waals surface area (Å²) in [6.07, 6.45) is 3.17. The molecule has 2 aromatic rings. The van der Waals surface area contributed by atoms with Crippen LogP contribution in [0.3, 0.4) is 0 Å². The van der Waals surface area contributed by atoms with Crippen LogP contribution >= 0.6 is 15.9 Å². The summed E-state index contributed by atoms with van der Waals surface area (Å²) in [5, 5.41) is 26.9. The van der Waals surface area contributed by atoms with Gasteiger partial charge in [-0.1, -0.05) is 0 Å². The molecule has 1 aliphatic rings. The molecule has 2 aromatic carbocycles. The van der Waals surface area contributed by atoms with Gasteiger partial charge in [-0.3, -0.25) is 25.5 Å². The molecular weight excluding hydrogens is 528 g/mol. The van der Waals surface area contributed by atoms with E-state index in [4.69, 9.17) is 14.2 Å². The van der Waals surface area contributed by atoms with Crippen molar-refractivity contribution in [1.82, 2.24) is 0 Å². The molecule has 0 aliphatic carbocycles. The fourth-order valence-corrected chi connectivity index (χ4v) is 4.02. The Morgan fingerprint density at radius 3 is 2.66 bits per heavy atom. The van der Waals surface area contributed by atoms with Gasteiger partial charge in [0.1, 0.15) is 17.1 Å². The number of nitro groups is 1. The summed E-state index contributed by atoms with van der Waals surface area (Å²) in [6, 6.07) is 5.84. The van der Waals surface area contributed by atoms with Gasteiger partial charge in [0, 0.05) is 45.0 Å². The van der Waals surface area contributed by atoms with E-state index >= 15 is 0 Å². The second-order valence-electron chi connectivity index (χ2n) is 7.22. The second-order valence-corrected chi connectivity index (χ2v) is 8.08. The first-order valence-electron chi connectivity index (χ1n) is 10.2. The van der Waals surface area contributed by atoms with Gasteiger partial charge < -0.3 is 24.4 Å². The summed E-state index contributed by atoms with van der Waals surface area (Å²) < 4.78 is 16.1. The number of hydrogen-bond donors (Lipinski definition) is 3. The van der Waals surface area contributed by atoms with Crippen LogP contribution in [0, 0.1) is 10.1 Å². The Balaban J connectivity index is 2.12. The van der Waals surface area contributed by atoms with Gasteiger partial charge in [0.25, 0.3) is 5.69 Å². The van der Waals surface area contributed by atoms with Gasteiger partial charge in [0.05, 0.1) is 53.5 Å². The standard InChI is InChI=1S/C21H25BrN6O7/c1-13(29)23-16-11-19(25(5-7-33-2)6-8-34-3)20(35-4)12-18(16)26-24-17-10-14(28(31)32)9-15(22)21(17)27(26)30/h5,7,9-12,24,30H,6,8H2,1-4H3,(H,23,29)/b7-5+. The number of fused-ring (bicyclic) bond motifs is 1. The van der Waals surface area contributed by atoms with E-state index in [1.807, 2.05) is 4.90 Å². The Kier molecular flexibility index (Phi) is 8.22. The first kappa shape index (κ1) is 25.9. The first-order chi connectivity index (χ1) is 16.7. The van der Waals surface area contributed by atoms with E-state index in [2.05, 4.69) is 26.7 Å². The maximum absolute atomic E-state index is 12.0. The van der Waals surface area contributed by atoms with Gasteiger partial charge in [-0.25, -0.2) is 0 Å². The highest BCUT2D eigenvalue weighted by Crippen LogP contribution is 2.46. The number of methoxy groups -OCH3 is 3. The number of rotatable bonds is 10. The fourth-order valence-electron chi connectivity index (χ4n) is 3.41. The molecule has 3 N–H and O–H groups in total. The molecule has 0 radical (unpaired) electrons. The van der Waals surface area contributed by atoms with E-state index in [0.29, 0.717) is 40.4 Å². The van der Waals surface area contributed by atoms with Gasteiger partial charge in [0.2, 0.25) is 5.91 Å². The molecule has 14 heteroatoms. The predicted octanol–water partition coefficient (Wildman–Crippen LogP) is 3.85. The fraction of sp³-hybridized carbons (Fsp3) is 0.286. The molecule has 13 nitrogen and oxygen atoms in total. The zero-order chi connectivity index (χ0) is 25.7. The lowest BCUT2D eigenvalue weighted by molar-refractivity contribution is -0.384. The molecule has 1 heterocycles. The molecule has 0 atom stereocenters. The first-order valence-corrected chi connectivity index (χ1v) is 11.0. The number of anilines is 5.